The van der Waals surface area contributed by atoms with Crippen LogP contribution in [0.2, 0.25) is 0 Å². The van der Waals surface area contributed by atoms with Crippen molar-refractivity contribution in [2.24, 2.45) is 0 Å². The Labute approximate surface area is 163 Å². The SMILES string of the molecule is CC(NC1CCN(C(=O)COc2ccccc2)C1)c1cc2ccncc2s1. The highest BCUT2D eigenvalue weighted by molar-refractivity contribution is 7.19. The number of nitrogens with one attached hydrogen (secondary N) is 1. The fourth-order valence-electron chi connectivity index (χ4n) is 3.43. The minimum Gasteiger partial charge on any atom is -0.484 e. The molecule has 0 radical (unpaired) electrons. The largest absolute Gasteiger partial charge is 0.484 e. The topological polar surface area (TPSA) is 54.5 Å². The number of benzene rings is 1. The van der Waals surface area contributed by atoms with Crippen LogP contribution in [-0.4, -0.2) is 41.5 Å². The van der Waals surface area contributed by atoms with Gasteiger partial charge in [-0.2, -0.15) is 0 Å². The summed E-state index contributed by atoms with van der Waals surface area (Å²) in [6, 6.07) is 14.3. The van der Waals surface area contributed by atoms with E-state index >= 15 is 0 Å². The standard InChI is InChI=1S/C21H23N3O2S/c1-15(19-11-16-7-9-22-12-20(16)27-19)23-17-8-10-24(13-17)21(25)14-26-18-5-3-2-4-6-18/h2-7,9,11-12,15,17,23H,8,10,13-14H2,1H3. The van der Waals surface area contributed by atoms with Gasteiger partial charge in [-0.15, -0.1) is 11.3 Å². The van der Waals surface area contributed by atoms with Gasteiger partial charge < -0.3 is 15.0 Å². The number of rotatable bonds is 6. The third-order valence-corrected chi connectivity index (χ3v) is 6.17. The summed E-state index contributed by atoms with van der Waals surface area (Å²) < 4.78 is 6.79. The fourth-order valence-corrected chi connectivity index (χ4v) is 4.47. The van der Waals surface area contributed by atoms with E-state index < -0.39 is 0 Å². The predicted molar refractivity (Wildman–Crippen MR) is 108 cm³/mol. The van der Waals surface area contributed by atoms with Crippen molar-refractivity contribution in [3.05, 3.63) is 59.7 Å². The number of hydrogen-bond donors (Lipinski definition) is 1. The number of amides is 1. The van der Waals surface area contributed by atoms with Crippen LogP contribution in [0.15, 0.2) is 54.9 Å². The van der Waals surface area contributed by atoms with Crippen molar-refractivity contribution in [2.45, 2.75) is 25.4 Å². The van der Waals surface area contributed by atoms with E-state index in [0.29, 0.717) is 6.04 Å². The van der Waals surface area contributed by atoms with Crippen LogP contribution in [0.3, 0.4) is 0 Å². The average Bonchev–Trinajstić information content (AvgIpc) is 3.34. The zero-order valence-corrected chi connectivity index (χ0v) is 16.1. The Morgan fingerprint density at radius 1 is 1.37 bits per heavy atom. The first-order valence-electron chi connectivity index (χ1n) is 9.24. The summed E-state index contributed by atoms with van der Waals surface area (Å²) in [6.45, 7) is 3.78. The number of carbonyl (C=O) groups is 1. The molecule has 1 saturated heterocycles. The Kier molecular flexibility index (Phi) is 5.36. The molecule has 3 aromatic rings. The van der Waals surface area contributed by atoms with Gasteiger partial charge in [-0.1, -0.05) is 18.2 Å². The molecule has 1 amide bonds. The number of nitrogens with zero attached hydrogens (tertiary/aromatic N) is 2. The molecular weight excluding hydrogens is 358 g/mol. The maximum absolute atomic E-state index is 12.4. The molecule has 0 spiro atoms. The van der Waals surface area contributed by atoms with E-state index in [9.17, 15) is 4.79 Å². The molecule has 0 aliphatic carbocycles. The van der Waals surface area contributed by atoms with Gasteiger partial charge in [-0.05, 0) is 43.0 Å². The molecule has 0 bridgehead atoms. The Hall–Kier alpha value is -2.44. The lowest BCUT2D eigenvalue weighted by Gasteiger charge is -2.20. The lowest BCUT2D eigenvalue weighted by molar-refractivity contribution is -0.132. The van der Waals surface area contributed by atoms with Gasteiger partial charge in [-0.3, -0.25) is 9.78 Å². The minimum absolute atomic E-state index is 0.0451. The number of carbonyl (C=O) groups excluding carboxylic acids is 1. The van der Waals surface area contributed by atoms with Gasteiger partial charge in [0, 0.05) is 42.4 Å². The van der Waals surface area contributed by atoms with Crippen LogP contribution in [0, 0.1) is 0 Å². The summed E-state index contributed by atoms with van der Waals surface area (Å²) in [5.74, 6) is 0.774. The molecule has 27 heavy (non-hydrogen) atoms. The van der Waals surface area contributed by atoms with Gasteiger partial charge >= 0.3 is 0 Å². The minimum atomic E-state index is 0.0451. The van der Waals surface area contributed by atoms with Gasteiger partial charge in [0.05, 0.1) is 4.70 Å². The van der Waals surface area contributed by atoms with Crippen molar-refractivity contribution in [2.75, 3.05) is 19.7 Å². The monoisotopic (exact) mass is 381 g/mol. The van der Waals surface area contributed by atoms with Gasteiger partial charge in [0.25, 0.3) is 5.91 Å². The van der Waals surface area contributed by atoms with Gasteiger partial charge in [-0.25, -0.2) is 0 Å². The molecule has 1 N–H and O–H groups in total. The Morgan fingerprint density at radius 3 is 3.04 bits per heavy atom. The fraction of sp³-hybridized carbons (Fsp3) is 0.333. The summed E-state index contributed by atoms with van der Waals surface area (Å²) in [6.07, 6.45) is 4.71. The summed E-state index contributed by atoms with van der Waals surface area (Å²) in [5.41, 5.74) is 0. The maximum atomic E-state index is 12.4. The van der Waals surface area contributed by atoms with Crippen LogP contribution in [0.5, 0.6) is 5.75 Å². The second-order valence-electron chi connectivity index (χ2n) is 6.88. The molecule has 2 aromatic heterocycles. The smallest absolute Gasteiger partial charge is 0.260 e. The van der Waals surface area contributed by atoms with Crippen molar-refractivity contribution in [1.82, 2.24) is 15.2 Å². The molecule has 4 rings (SSSR count). The molecule has 2 unspecified atom stereocenters. The molecule has 1 aliphatic rings. The van der Waals surface area contributed by atoms with Crippen molar-refractivity contribution in [3.63, 3.8) is 0 Å². The Bertz CT molecular complexity index is 879. The van der Waals surface area contributed by atoms with Crippen LogP contribution in [0.1, 0.15) is 24.3 Å². The normalized spacial score (nSPS) is 18.0. The third-order valence-electron chi connectivity index (χ3n) is 4.90. The molecule has 1 aromatic carbocycles. The summed E-state index contributed by atoms with van der Waals surface area (Å²) in [5, 5.41) is 4.91. The number of hydrogen-bond acceptors (Lipinski definition) is 5. The van der Waals surface area contributed by atoms with Gasteiger partial charge in [0.2, 0.25) is 0 Å². The van der Waals surface area contributed by atoms with Crippen LogP contribution in [-0.2, 0) is 4.79 Å². The number of fused-ring (bicyclic) bond motifs is 1. The number of aromatic nitrogens is 1. The first-order chi connectivity index (χ1) is 13.2. The van der Waals surface area contributed by atoms with Gasteiger partial charge in [0.15, 0.2) is 6.61 Å². The van der Waals surface area contributed by atoms with Crippen LogP contribution in [0.25, 0.3) is 10.1 Å². The maximum Gasteiger partial charge on any atom is 0.260 e. The Balaban J connectivity index is 1.29. The van der Waals surface area contributed by atoms with E-state index in [1.165, 1.54) is 15.0 Å². The van der Waals surface area contributed by atoms with E-state index in [4.69, 9.17) is 4.74 Å². The van der Waals surface area contributed by atoms with E-state index in [0.717, 1.165) is 25.3 Å². The highest BCUT2D eigenvalue weighted by atomic mass is 32.1. The van der Waals surface area contributed by atoms with Crippen molar-refractivity contribution in [3.8, 4) is 5.75 Å². The quantitative estimate of drug-likeness (QED) is 0.708. The van der Waals surface area contributed by atoms with Crippen LogP contribution < -0.4 is 10.1 Å². The molecule has 5 nitrogen and oxygen atoms in total. The second-order valence-corrected chi connectivity index (χ2v) is 7.99. The summed E-state index contributed by atoms with van der Waals surface area (Å²) in [7, 11) is 0. The van der Waals surface area contributed by atoms with E-state index in [-0.39, 0.29) is 18.6 Å². The number of thiophene rings is 1. The molecule has 1 aliphatic heterocycles. The molecular formula is C21H23N3O2S. The zero-order chi connectivity index (χ0) is 18.6. The first kappa shape index (κ1) is 17.9. The van der Waals surface area contributed by atoms with Gasteiger partial charge in [0.1, 0.15) is 5.75 Å². The predicted octanol–water partition coefficient (Wildman–Crippen LogP) is 3.63. The van der Waals surface area contributed by atoms with Crippen molar-refractivity contribution >= 4 is 27.3 Å². The summed E-state index contributed by atoms with van der Waals surface area (Å²) in [4.78, 5) is 19.8. The van der Waals surface area contributed by atoms with Crippen molar-refractivity contribution in [1.29, 1.82) is 0 Å². The number of para-hydroxylation sites is 1. The first-order valence-corrected chi connectivity index (χ1v) is 10.1. The number of pyridine rings is 1. The van der Waals surface area contributed by atoms with Crippen LogP contribution in [0.4, 0.5) is 0 Å². The van der Waals surface area contributed by atoms with Crippen LogP contribution >= 0.6 is 11.3 Å². The number of ether oxygens (including phenoxy) is 1. The lowest BCUT2D eigenvalue weighted by atomic mass is 10.2. The third kappa shape index (κ3) is 4.28. The van der Waals surface area contributed by atoms with E-state index in [1.54, 1.807) is 11.3 Å². The molecule has 140 valence electrons. The molecule has 6 heteroatoms. The molecule has 1 fully saturated rings. The highest BCUT2D eigenvalue weighted by Gasteiger charge is 2.27. The Morgan fingerprint density at radius 2 is 2.22 bits per heavy atom. The zero-order valence-electron chi connectivity index (χ0n) is 15.3. The second kappa shape index (κ2) is 8.06. The van der Waals surface area contributed by atoms with E-state index in [1.807, 2.05) is 53.7 Å². The molecule has 2 atom stereocenters. The molecule has 3 heterocycles. The lowest BCUT2D eigenvalue weighted by Crippen LogP contribution is -2.38. The van der Waals surface area contributed by atoms with E-state index in [2.05, 4.69) is 23.3 Å². The van der Waals surface area contributed by atoms with Crippen molar-refractivity contribution < 1.29 is 9.53 Å². The molecule has 0 saturated carbocycles. The number of likely N-dealkylation sites (tertiary alicyclic amines) is 1. The highest BCUT2D eigenvalue weighted by Crippen LogP contribution is 2.29. The average molecular weight is 382 g/mol. The summed E-state index contributed by atoms with van der Waals surface area (Å²) >= 11 is 1.78.